The summed E-state index contributed by atoms with van der Waals surface area (Å²) >= 11 is 0. The van der Waals surface area contributed by atoms with E-state index in [1.165, 1.54) is 5.56 Å². The van der Waals surface area contributed by atoms with E-state index in [-0.39, 0.29) is 11.8 Å². The third kappa shape index (κ3) is 4.19. The summed E-state index contributed by atoms with van der Waals surface area (Å²) in [5.41, 5.74) is 6.79. The van der Waals surface area contributed by atoms with Gasteiger partial charge in [0.05, 0.1) is 0 Å². The molecule has 1 aromatic carbocycles. The van der Waals surface area contributed by atoms with Crippen LogP contribution in [-0.4, -0.2) is 30.4 Å². The fourth-order valence-electron chi connectivity index (χ4n) is 1.75. The Morgan fingerprint density at radius 1 is 1.35 bits per heavy atom. The van der Waals surface area contributed by atoms with Crippen LogP contribution in [0.5, 0.6) is 0 Å². The molecule has 17 heavy (non-hydrogen) atoms. The molecular formula is C14H22N2O. The number of nitrogens with two attached hydrogens (primary N) is 1. The van der Waals surface area contributed by atoms with Crippen LogP contribution >= 0.6 is 0 Å². The molecule has 1 unspecified atom stereocenters. The zero-order valence-corrected chi connectivity index (χ0v) is 10.7. The minimum Gasteiger partial charge on any atom is -0.342 e. The van der Waals surface area contributed by atoms with Gasteiger partial charge in [0.1, 0.15) is 0 Å². The monoisotopic (exact) mass is 234 g/mol. The Morgan fingerprint density at radius 2 is 2.00 bits per heavy atom. The summed E-state index contributed by atoms with van der Waals surface area (Å²) in [5, 5.41) is 0. The summed E-state index contributed by atoms with van der Waals surface area (Å²) in [6.07, 6.45) is 0.901. The molecule has 0 aromatic heterocycles. The first kappa shape index (κ1) is 13.7. The van der Waals surface area contributed by atoms with Crippen LogP contribution in [0.1, 0.15) is 19.4 Å². The van der Waals surface area contributed by atoms with Crippen molar-refractivity contribution in [1.82, 2.24) is 4.90 Å². The maximum atomic E-state index is 12.0. The zero-order chi connectivity index (χ0) is 12.7. The second-order valence-corrected chi connectivity index (χ2v) is 4.29. The van der Waals surface area contributed by atoms with E-state index in [9.17, 15) is 4.79 Å². The third-order valence-electron chi connectivity index (χ3n) is 2.98. The van der Waals surface area contributed by atoms with E-state index in [4.69, 9.17) is 5.73 Å². The lowest BCUT2D eigenvalue weighted by Gasteiger charge is -2.23. The van der Waals surface area contributed by atoms with E-state index in [1.54, 1.807) is 0 Å². The molecule has 3 heteroatoms. The first-order valence-electron chi connectivity index (χ1n) is 6.21. The van der Waals surface area contributed by atoms with Crippen LogP contribution in [0.15, 0.2) is 30.3 Å². The Morgan fingerprint density at radius 3 is 2.53 bits per heavy atom. The maximum absolute atomic E-state index is 12.0. The minimum absolute atomic E-state index is 0.0780. The first-order chi connectivity index (χ1) is 8.19. The van der Waals surface area contributed by atoms with Crippen LogP contribution in [0.4, 0.5) is 0 Å². The summed E-state index contributed by atoms with van der Waals surface area (Å²) in [5.74, 6) is 0.0802. The normalized spacial score (nSPS) is 12.2. The number of carbonyl (C=O) groups excluding carboxylic acids is 1. The van der Waals surface area contributed by atoms with Gasteiger partial charge in [0, 0.05) is 25.6 Å². The highest BCUT2D eigenvalue weighted by Gasteiger charge is 2.17. The van der Waals surface area contributed by atoms with Crippen molar-refractivity contribution in [3.8, 4) is 0 Å². The Hall–Kier alpha value is -1.35. The number of hydrogen-bond acceptors (Lipinski definition) is 2. The van der Waals surface area contributed by atoms with Gasteiger partial charge < -0.3 is 10.6 Å². The molecule has 1 rings (SSSR count). The molecule has 2 N–H and O–H groups in total. The predicted molar refractivity (Wildman–Crippen MR) is 70.6 cm³/mol. The number of carbonyl (C=O) groups is 1. The molecule has 0 fully saturated rings. The molecule has 3 nitrogen and oxygen atoms in total. The predicted octanol–water partition coefficient (Wildman–Crippen LogP) is 1.67. The van der Waals surface area contributed by atoms with Crippen molar-refractivity contribution in [3.63, 3.8) is 0 Å². The van der Waals surface area contributed by atoms with Crippen LogP contribution in [0, 0.1) is 5.92 Å². The smallest absolute Gasteiger partial charge is 0.226 e. The number of benzene rings is 1. The molecule has 0 aliphatic heterocycles. The van der Waals surface area contributed by atoms with Crippen molar-refractivity contribution in [3.05, 3.63) is 35.9 Å². The average molecular weight is 234 g/mol. The zero-order valence-electron chi connectivity index (χ0n) is 10.7. The number of nitrogens with zero attached hydrogens (tertiary/aromatic N) is 1. The Bertz CT molecular complexity index is 337. The number of likely N-dealkylation sites (N-methyl/N-ethyl adjacent to an activating group) is 1. The fraction of sp³-hybridized carbons (Fsp3) is 0.500. The van der Waals surface area contributed by atoms with Crippen molar-refractivity contribution >= 4 is 5.91 Å². The SMILES string of the molecule is CCN(CCc1ccccc1)C(=O)C(C)CN. The Balaban J connectivity index is 2.50. The molecule has 94 valence electrons. The van der Waals surface area contributed by atoms with Gasteiger partial charge in [-0.1, -0.05) is 37.3 Å². The largest absolute Gasteiger partial charge is 0.342 e. The standard InChI is InChI=1S/C14H22N2O/c1-3-16(14(17)12(2)11-15)10-9-13-7-5-4-6-8-13/h4-8,12H,3,9-11,15H2,1-2H3. The summed E-state index contributed by atoms with van der Waals surface area (Å²) in [6.45, 7) is 5.82. The van der Waals surface area contributed by atoms with Crippen LogP contribution in [-0.2, 0) is 11.2 Å². The molecule has 0 radical (unpaired) electrons. The average Bonchev–Trinajstić information content (AvgIpc) is 2.39. The second-order valence-electron chi connectivity index (χ2n) is 4.29. The molecule has 0 saturated carbocycles. The van der Waals surface area contributed by atoms with Gasteiger partial charge in [-0.05, 0) is 18.9 Å². The van der Waals surface area contributed by atoms with Gasteiger partial charge in [-0.3, -0.25) is 4.79 Å². The van der Waals surface area contributed by atoms with E-state index in [0.717, 1.165) is 19.5 Å². The van der Waals surface area contributed by atoms with Crippen molar-refractivity contribution in [2.75, 3.05) is 19.6 Å². The molecule has 0 bridgehead atoms. The van der Waals surface area contributed by atoms with Gasteiger partial charge in [-0.25, -0.2) is 0 Å². The highest BCUT2D eigenvalue weighted by molar-refractivity contribution is 5.78. The van der Waals surface area contributed by atoms with E-state index < -0.39 is 0 Å². The molecule has 0 spiro atoms. The van der Waals surface area contributed by atoms with E-state index >= 15 is 0 Å². The molecule has 0 saturated heterocycles. The van der Waals surface area contributed by atoms with Crippen molar-refractivity contribution < 1.29 is 4.79 Å². The minimum atomic E-state index is -0.0780. The quantitative estimate of drug-likeness (QED) is 0.814. The number of rotatable bonds is 6. The molecule has 1 amide bonds. The van der Waals surface area contributed by atoms with Crippen LogP contribution in [0.3, 0.4) is 0 Å². The highest BCUT2D eigenvalue weighted by Crippen LogP contribution is 2.05. The van der Waals surface area contributed by atoms with Crippen molar-refractivity contribution in [2.45, 2.75) is 20.3 Å². The lowest BCUT2D eigenvalue weighted by atomic mass is 10.1. The van der Waals surface area contributed by atoms with E-state index in [0.29, 0.717) is 6.54 Å². The van der Waals surface area contributed by atoms with Gasteiger partial charge in [-0.15, -0.1) is 0 Å². The molecule has 0 aliphatic carbocycles. The topological polar surface area (TPSA) is 46.3 Å². The van der Waals surface area contributed by atoms with Crippen molar-refractivity contribution in [1.29, 1.82) is 0 Å². The molecular weight excluding hydrogens is 212 g/mol. The highest BCUT2D eigenvalue weighted by atomic mass is 16.2. The summed E-state index contributed by atoms with van der Waals surface area (Å²) in [6, 6.07) is 10.2. The lowest BCUT2D eigenvalue weighted by Crippen LogP contribution is -2.39. The molecule has 1 aromatic rings. The summed E-state index contributed by atoms with van der Waals surface area (Å²) in [7, 11) is 0. The van der Waals surface area contributed by atoms with Crippen LogP contribution in [0.25, 0.3) is 0 Å². The molecule has 0 heterocycles. The fourth-order valence-corrected chi connectivity index (χ4v) is 1.75. The maximum Gasteiger partial charge on any atom is 0.226 e. The van der Waals surface area contributed by atoms with Gasteiger partial charge in [0.15, 0.2) is 0 Å². The number of amides is 1. The Kier molecular flexibility index (Phi) is 5.70. The second kappa shape index (κ2) is 7.07. The van der Waals surface area contributed by atoms with Gasteiger partial charge in [0.2, 0.25) is 5.91 Å². The number of hydrogen-bond donors (Lipinski definition) is 1. The van der Waals surface area contributed by atoms with Gasteiger partial charge >= 0.3 is 0 Å². The lowest BCUT2D eigenvalue weighted by molar-refractivity contribution is -0.134. The summed E-state index contributed by atoms with van der Waals surface area (Å²) < 4.78 is 0. The van der Waals surface area contributed by atoms with Crippen LogP contribution in [0.2, 0.25) is 0 Å². The third-order valence-corrected chi connectivity index (χ3v) is 2.98. The molecule has 1 atom stereocenters. The van der Waals surface area contributed by atoms with E-state index in [1.807, 2.05) is 36.9 Å². The summed E-state index contributed by atoms with van der Waals surface area (Å²) in [4.78, 5) is 13.9. The van der Waals surface area contributed by atoms with E-state index in [2.05, 4.69) is 12.1 Å². The van der Waals surface area contributed by atoms with Crippen LogP contribution < -0.4 is 5.73 Å². The first-order valence-corrected chi connectivity index (χ1v) is 6.21. The molecule has 0 aliphatic rings. The van der Waals surface area contributed by atoms with Gasteiger partial charge in [-0.2, -0.15) is 0 Å². The Labute approximate surface area is 104 Å². The van der Waals surface area contributed by atoms with Gasteiger partial charge in [0.25, 0.3) is 0 Å². The van der Waals surface area contributed by atoms with Crippen molar-refractivity contribution in [2.24, 2.45) is 11.7 Å².